The van der Waals surface area contributed by atoms with E-state index in [2.05, 4.69) is 89.8 Å². The van der Waals surface area contributed by atoms with Crippen molar-refractivity contribution in [3.63, 3.8) is 0 Å². The van der Waals surface area contributed by atoms with Crippen LogP contribution in [-0.4, -0.2) is 0 Å². The molecule has 1 aromatic heterocycles. The van der Waals surface area contributed by atoms with Gasteiger partial charge in [0.15, 0.2) is 0 Å². The van der Waals surface area contributed by atoms with Crippen molar-refractivity contribution in [3.8, 4) is 11.3 Å². The summed E-state index contributed by atoms with van der Waals surface area (Å²) >= 11 is 0. The molecule has 0 bridgehead atoms. The van der Waals surface area contributed by atoms with Crippen molar-refractivity contribution in [3.05, 3.63) is 115 Å². The molecule has 0 saturated carbocycles. The Kier molecular flexibility index (Phi) is 4.15. The fourth-order valence-electron chi connectivity index (χ4n) is 3.64. The van der Waals surface area contributed by atoms with Crippen LogP contribution in [0.5, 0.6) is 0 Å². The summed E-state index contributed by atoms with van der Waals surface area (Å²) in [5.41, 5.74) is 4.43. The Morgan fingerprint density at radius 3 is 1.86 bits per heavy atom. The molecule has 5 rings (SSSR count). The average molecular weight is 361 g/mol. The highest BCUT2D eigenvalue weighted by Crippen LogP contribution is 2.41. The summed E-state index contributed by atoms with van der Waals surface area (Å²) in [6.07, 6.45) is 1.72. The largest absolute Gasteiger partial charge is 0.464 e. The minimum atomic E-state index is 0.869. The van der Waals surface area contributed by atoms with E-state index < -0.39 is 0 Å². The number of fused-ring (bicyclic) bond motifs is 1. The lowest BCUT2D eigenvalue weighted by atomic mass is 10.0. The minimum Gasteiger partial charge on any atom is -0.464 e. The lowest BCUT2D eigenvalue weighted by Crippen LogP contribution is -2.10. The van der Waals surface area contributed by atoms with Crippen molar-refractivity contribution in [2.45, 2.75) is 0 Å². The molecule has 0 amide bonds. The predicted octanol–water partition coefficient (Wildman–Crippen LogP) is 7.57. The van der Waals surface area contributed by atoms with Crippen LogP contribution in [0.15, 0.2) is 120 Å². The number of furan rings is 1. The smallest absolute Gasteiger partial charge is 0.133 e. The first-order valence-corrected chi connectivity index (χ1v) is 9.37. The van der Waals surface area contributed by atoms with Gasteiger partial charge in [0.25, 0.3) is 0 Å². The van der Waals surface area contributed by atoms with Gasteiger partial charge in [-0.25, -0.2) is 0 Å². The summed E-state index contributed by atoms with van der Waals surface area (Å²) in [7, 11) is 0. The Balaban J connectivity index is 1.81. The van der Waals surface area contributed by atoms with E-state index in [0.29, 0.717) is 0 Å². The Labute approximate surface area is 164 Å². The van der Waals surface area contributed by atoms with Crippen LogP contribution in [0.1, 0.15) is 0 Å². The Morgan fingerprint density at radius 2 is 1.21 bits per heavy atom. The molecular weight excluding hydrogens is 342 g/mol. The molecule has 0 aliphatic carbocycles. The first-order valence-electron chi connectivity index (χ1n) is 9.37. The Bertz CT molecular complexity index is 1160. The van der Waals surface area contributed by atoms with Crippen LogP contribution in [0.3, 0.4) is 0 Å². The maximum atomic E-state index is 5.70. The average Bonchev–Trinajstić information content (AvgIpc) is 3.30. The van der Waals surface area contributed by atoms with Gasteiger partial charge in [0, 0.05) is 22.3 Å². The van der Waals surface area contributed by atoms with Crippen molar-refractivity contribution >= 4 is 27.8 Å². The number of hydrogen-bond donors (Lipinski definition) is 0. The third-order valence-corrected chi connectivity index (χ3v) is 4.92. The highest BCUT2D eigenvalue weighted by atomic mass is 16.3. The van der Waals surface area contributed by atoms with Crippen LogP contribution >= 0.6 is 0 Å². The van der Waals surface area contributed by atoms with Crippen molar-refractivity contribution in [1.82, 2.24) is 0 Å². The lowest BCUT2D eigenvalue weighted by Gasteiger charge is -2.27. The van der Waals surface area contributed by atoms with E-state index in [1.165, 1.54) is 10.8 Å². The van der Waals surface area contributed by atoms with Crippen molar-refractivity contribution in [2.75, 3.05) is 4.90 Å². The summed E-state index contributed by atoms with van der Waals surface area (Å²) in [6, 6.07) is 37.8. The molecule has 0 saturated heterocycles. The summed E-state index contributed by atoms with van der Waals surface area (Å²) in [5.74, 6) is 0.869. The van der Waals surface area contributed by atoms with Crippen LogP contribution in [0.4, 0.5) is 17.1 Å². The van der Waals surface area contributed by atoms with Crippen LogP contribution in [0, 0.1) is 0 Å². The third-order valence-electron chi connectivity index (χ3n) is 4.92. The Morgan fingerprint density at radius 1 is 0.571 bits per heavy atom. The van der Waals surface area contributed by atoms with Gasteiger partial charge in [-0.1, -0.05) is 60.7 Å². The zero-order chi connectivity index (χ0) is 18.8. The van der Waals surface area contributed by atoms with Gasteiger partial charge in [0.2, 0.25) is 0 Å². The Hall–Kier alpha value is -3.78. The van der Waals surface area contributed by atoms with Crippen molar-refractivity contribution in [2.24, 2.45) is 0 Å². The van der Waals surface area contributed by atoms with E-state index >= 15 is 0 Å². The molecular formula is C26H19NO. The molecule has 28 heavy (non-hydrogen) atoms. The summed E-state index contributed by atoms with van der Waals surface area (Å²) in [4.78, 5) is 2.30. The summed E-state index contributed by atoms with van der Waals surface area (Å²) in [5, 5.41) is 2.38. The van der Waals surface area contributed by atoms with Crippen molar-refractivity contribution in [1.29, 1.82) is 0 Å². The van der Waals surface area contributed by atoms with Gasteiger partial charge < -0.3 is 9.32 Å². The SMILES string of the molecule is c1ccc(N(c2ccccc2)c2cc(-c3ccco3)cc3ccccc23)cc1. The highest BCUT2D eigenvalue weighted by Gasteiger charge is 2.17. The maximum absolute atomic E-state index is 5.70. The molecule has 0 fully saturated rings. The van der Waals surface area contributed by atoms with Gasteiger partial charge in [0.05, 0.1) is 12.0 Å². The molecule has 0 aliphatic rings. The first-order chi connectivity index (χ1) is 13.9. The van der Waals surface area contributed by atoms with Crippen LogP contribution in [0.2, 0.25) is 0 Å². The second-order valence-electron chi connectivity index (χ2n) is 6.70. The topological polar surface area (TPSA) is 16.4 Å². The van der Waals surface area contributed by atoms with Gasteiger partial charge in [-0.15, -0.1) is 0 Å². The quantitative estimate of drug-likeness (QED) is 0.328. The van der Waals surface area contributed by atoms with E-state index in [-0.39, 0.29) is 0 Å². The minimum absolute atomic E-state index is 0.869. The molecule has 2 heteroatoms. The normalized spacial score (nSPS) is 10.9. The zero-order valence-electron chi connectivity index (χ0n) is 15.3. The number of nitrogens with zero attached hydrogens (tertiary/aromatic N) is 1. The standard InChI is InChI=1S/C26H19NO/c1-3-11-22(12-4-1)27(23-13-5-2-6-14-23)25-19-21(26-16-9-17-28-26)18-20-10-7-8-15-24(20)25/h1-19H. The number of rotatable bonds is 4. The maximum Gasteiger partial charge on any atom is 0.133 e. The summed E-state index contributed by atoms with van der Waals surface area (Å²) in [6.45, 7) is 0. The molecule has 0 atom stereocenters. The van der Waals surface area contributed by atoms with Crippen molar-refractivity contribution < 1.29 is 4.42 Å². The highest BCUT2D eigenvalue weighted by molar-refractivity contribution is 6.01. The fraction of sp³-hybridized carbons (Fsp3) is 0. The second kappa shape index (κ2) is 7.09. The van der Waals surface area contributed by atoms with E-state index in [4.69, 9.17) is 4.42 Å². The third kappa shape index (κ3) is 2.95. The van der Waals surface area contributed by atoms with Gasteiger partial charge in [-0.3, -0.25) is 0 Å². The van der Waals surface area contributed by atoms with Gasteiger partial charge in [-0.05, 0) is 53.9 Å². The molecule has 4 aromatic carbocycles. The second-order valence-corrected chi connectivity index (χ2v) is 6.70. The first kappa shape index (κ1) is 16.4. The zero-order valence-corrected chi connectivity index (χ0v) is 15.3. The molecule has 0 unspecified atom stereocenters. The molecule has 1 heterocycles. The predicted molar refractivity (Wildman–Crippen MR) is 116 cm³/mol. The lowest BCUT2D eigenvalue weighted by molar-refractivity contribution is 0.582. The number of hydrogen-bond acceptors (Lipinski definition) is 2. The van der Waals surface area contributed by atoms with Gasteiger partial charge in [0.1, 0.15) is 5.76 Å². The number of anilines is 3. The van der Waals surface area contributed by atoms with E-state index in [1.54, 1.807) is 6.26 Å². The van der Waals surface area contributed by atoms with Crippen LogP contribution in [-0.2, 0) is 0 Å². The molecule has 0 N–H and O–H groups in total. The van der Waals surface area contributed by atoms with Crippen LogP contribution in [0.25, 0.3) is 22.1 Å². The number of para-hydroxylation sites is 2. The fourth-order valence-corrected chi connectivity index (χ4v) is 3.64. The molecule has 0 radical (unpaired) electrons. The molecule has 5 aromatic rings. The van der Waals surface area contributed by atoms with E-state index in [1.807, 2.05) is 24.3 Å². The molecule has 0 spiro atoms. The monoisotopic (exact) mass is 361 g/mol. The van der Waals surface area contributed by atoms with E-state index in [0.717, 1.165) is 28.4 Å². The number of benzene rings is 4. The van der Waals surface area contributed by atoms with E-state index in [9.17, 15) is 0 Å². The molecule has 2 nitrogen and oxygen atoms in total. The van der Waals surface area contributed by atoms with Gasteiger partial charge in [-0.2, -0.15) is 0 Å². The molecule has 0 aliphatic heterocycles. The molecule has 134 valence electrons. The van der Waals surface area contributed by atoms with Gasteiger partial charge >= 0.3 is 0 Å². The summed E-state index contributed by atoms with van der Waals surface area (Å²) < 4.78 is 5.70. The van der Waals surface area contributed by atoms with Crippen LogP contribution < -0.4 is 4.90 Å².